The van der Waals surface area contributed by atoms with Crippen LogP contribution < -0.4 is 29.3 Å². The van der Waals surface area contributed by atoms with Crippen molar-refractivity contribution in [1.82, 2.24) is 5.32 Å². The molecule has 228 valence electrons. The number of benzene rings is 4. The maximum absolute atomic E-state index is 14.3. The van der Waals surface area contributed by atoms with E-state index in [-0.39, 0.29) is 18.2 Å². The van der Waals surface area contributed by atoms with Crippen molar-refractivity contribution in [2.24, 2.45) is 0 Å². The summed E-state index contributed by atoms with van der Waals surface area (Å²) in [6, 6.07) is 29.6. The third-order valence-corrected chi connectivity index (χ3v) is 7.81. The molecular formula is C36H39N3O5. The molecule has 0 spiro atoms. The monoisotopic (exact) mass is 593 g/mol. The number of fused-ring (bicyclic) bond motifs is 1. The number of nitrogens with one attached hydrogen (secondary N) is 1. The minimum atomic E-state index is -0.977. The summed E-state index contributed by atoms with van der Waals surface area (Å²) < 4.78 is 16.7. The van der Waals surface area contributed by atoms with Gasteiger partial charge < -0.3 is 24.4 Å². The van der Waals surface area contributed by atoms with Gasteiger partial charge in [0.1, 0.15) is 11.8 Å². The van der Waals surface area contributed by atoms with Crippen molar-refractivity contribution < 1.29 is 23.8 Å². The molecule has 1 N–H and O–H groups in total. The molecule has 0 saturated heterocycles. The number of para-hydroxylation sites is 1. The summed E-state index contributed by atoms with van der Waals surface area (Å²) in [4.78, 5) is 32.3. The second-order valence-corrected chi connectivity index (χ2v) is 10.5. The molecule has 1 aliphatic rings. The Morgan fingerprint density at radius 1 is 0.886 bits per heavy atom. The Balaban J connectivity index is 1.51. The molecule has 1 heterocycles. The van der Waals surface area contributed by atoms with Gasteiger partial charge in [-0.15, -0.1) is 0 Å². The molecule has 0 aliphatic carbocycles. The van der Waals surface area contributed by atoms with E-state index in [1.54, 1.807) is 37.3 Å². The van der Waals surface area contributed by atoms with Crippen LogP contribution in [-0.4, -0.2) is 45.7 Å². The first kappa shape index (κ1) is 30.5. The van der Waals surface area contributed by atoms with Crippen molar-refractivity contribution in [1.29, 1.82) is 0 Å². The fraction of sp³-hybridized carbons (Fsp3) is 0.278. The average Bonchev–Trinajstić information content (AvgIpc) is 3.49. The van der Waals surface area contributed by atoms with Crippen LogP contribution >= 0.6 is 0 Å². The number of rotatable bonds is 13. The van der Waals surface area contributed by atoms with Crippen LogP contribution in [0.15, 0.2) is 97.1 Å². The van der Waals surface area contributed by atoms with Crippen molar-refractivity contribution in [3.8, 4) is 17.2 Å². The summed E-state index contributed by atoms with van der Waals surface area (Å²) >= 11 is 0. The lowest BCUT2D eigenvalue weighted by Gasteiger charge is -2.32. The zero-order valence-corrected chi connectivity index (χ0v) is 25.5. The van der Waals surface area contributed by atoms with Crippen molar-refractivity contribution in [3.05, 3.63) is 114 Å². The number of amides is 2. The zero-order chi connectivity index (χ0) is 30.9. The first-order valence-corrected chi connectivity index (χ1v) is 14.9. The average molecular weight is 594 g/mol. The highest BCUT2D eigenvalue weighted by molar-refractivity contribution is 6.01. The number of ether oxygens (including phenoxy) is 3. The minimum absolute atomic E-state index is 0.173. The second kappa shape index (κ2) is 14.5. The Morgan fingerprint density at radius 2 is 1.61 bits per heavy atom. The van der Waals surface area contributed by atoms with Crippen LogP contribution in [0.4, 0.5) is 11.4 Å². The van der Waals surface area contributed by atoms with Crippen molar-refractivity contribution in [2.45, 2.75) is 32.4 Å². The SMILES string of the molecule is CCOc1ccc(N(C(=O)CCN2CCc3ccccc32)[C@H](C(=O)NCc2ccccc2)c2ccc(OC)c(OC)c2)cc1. The molecule has 8 heteroatoms. The van der Waals surface area contributed by atoms with Crippen molar-refractivity contribution >= 4 is 23.2 Å². The minimum Gasteiger partial charge on any atom is -0.494 e. The molecule has 2 amide bonds. The van der Waals surface area contributed by atoms with Gasteiger partial charge in [-0.3, -0.25) is 14.5 Å². The lowest BCUT2D eigenvalue weighted by molar-refractivity contribution is -0.126. The predicted molar refractivity (Wildman–Crippen MR) is 173 cm³/mol. The Bertz CT molecular complexity index is 1560. The van der Waals surface area contributed by atoms with Gasteiger partial charge in [0.15, 0.2) is 11.5 Å². The zero-order valence-electron chi connectivity index (χ0n) is 25.5. The number of methoxy groups -OCH3 is 2. The third-order valence-electron chi connectivity index (χ3n) is 7.81. The fourth-order valence-corrected chi connectivity index (χ4v) is 5.62. The first-order chi connectivity index (χ1) is 21.5. The maximum Gasteiger partial charge on any atom is 0.248 e. The summed E-state index contributed by atoms with van der Waals surface area (Å²) in [7, 11) is 3.11. The quantitative estimate of drug-likeness (QED) is 0.207. The van der Waals surface area contributed by atoms with Gasteiger partial charge in [-0.2, -0.15) is 0 Å². The van der Waals surface area contributed by atoms with Gasteiger partial charge in [-0.25, -0.2) is 0 Å². The largest absolute Gasteiger partial charge is 0.494 e. The van der Waals surface area contributed by atoms with Gasteiger partial charge in [0.05, 0.1) is 20.8 Å². The Labute approximate surface area is 259 Å². The highest BCUT2D eigenvalue weighted by atomic mass is 16.5. The Hall–Kier alpha value is -4.98. The van der Waals surface area contributed by atoms with E-state index in [1.165, 1.54) is 5.56 Å². The topological polar surface area (TPSA) is 80.3 Å². The van der Waals surface area contributed by atoms with Crippen LogP contribution in [0.3, 0.4) is 0 Å². The normalized spacial score (nSPS) is 12.7. The number of nitrogens with zero attached hydrogens (tertiary/aromatic N) is 2. The summed E-state index contributed by atoms with van der Waals surface area (Å²) in [5.41, 5.74) is 4.59. The predicted octanol–water partition coefficient (Wildman–Crippen LogP) is 5.95. The molecule has 1 atom stereocenters. The van der Waals surface area contributed by atoms with E-state index in [2.05, 4.69) is 22.3 Å². The second-order valence-electron chi connectivity index (χ2n) is 10.5. The lowest BCUT2D eigenvalue weighted by Crippen LogP contribution is -2.44. The van der Waals surface area contributed by atoms with E-state index in [4.69, 9.17) is 14.2 Å². The Morgan fingerprint density at radius 3 is 2.34 bits per heavy atom. The smallest absolute Gasteiger partial charge is 0.248 e. The highest BCUT2D eigenvalue weighted by Crippen LogP contribution is 2.36. The molecule has 0 saturated carbocycles. The Kier molecular flexibility index (Phi) is 10.0. The summed E-state index contributed by atoms with van der Waals surface area (Å²) in [5, 5.41) is 3.07. The molecule has 4 aromatic carbocycles. The van der Waals surface area contributed by atoms with Gasteiger partial charge in [0, 0.05) is 37.4 Å². The first-order valence-electron chi connectivity index (χ1n) is 14.9. The molecule has 1 aliphatic heterocycles. The van der Waals surface area contributed by atoms with Crippen LogP contribution in [-0.2, 0) is 22.6 Å². The summed E-state index contributed by atoms with van der Waals surface area (Å²) in [5.74, 6) is 1.21. The number of carbonyl (C=O) groups is 2. The molecule has 0 radical (unpaired) electrons. The van der Waals surface area contributed by atoms with Crippen molar-refractivity contribution in [3.63, 3.8) is 0 Å². The molecule has 0 aromatic heterocycles. The van der Waals surface area contributed by atoms with E-state index in [9.17, 15) is 9.59 Å². The molecule has 0 bridgehead atoms. The number of carbonyl (C=O) groups excluding carboxylic acids is 2. The van der Waals surface area contributed by atoms with Gasteiger partial charge in [0.2, 0.25) is 11.8 Å². The van der Waals surface area contributed by atoms with E-state index in [0.717, 1.165) is 24.2 Å². The van der Waals surface area contributed by atoms with Gasteiger partial charge in [-0.1, -0.05) is 54.6 Å². The third kappa shape index (κ3) is 6.97. The van der Waals surface area contributed by atoms with Crippen LogP contribution in [0, 0.1) is 0 Å². The van der Waals surface area contributed by atoms with Crippen LogP contribution in [0.2, 0.25) is 0 Å². The fourth-order valence-electron chi connectivity index (χ4n) is 5.62. The molecule has 0 unspecified atom stereocenters. The molecule has 44 heavy (non-hydrogen) atoms. The van der Waals surface area contributed by atoms with E-state index >= 15 is 0 Å². The van der Waals surface area contributed by atoms with Crippen LogP contribution in [0.5, 0.6) is 17.2 Å². The lowest BCUT2D eigenvalue weighted by atomic mass is 10.0. The summed E-state index contributed by atoms with van der Waals surface area (Å²) in [6.07, 6.45) is 1.17. The standard InChI is InChI=1S/C36H39N3O5/c1-4-44-30-17-15-29(16-18-30)39(34(40)21-23-38-22-20-27-12-8-9-13-31(27)38)35(28-14-19-32(42-2)33(24-28)43-3)36(41)37-25-26-10-6-5-7-11-26/h5-19,24,35H,4,20-23,25H2,1-3H3,(H,37,41)/t35-/m0/s1. The number of hydrogen-bond donors (Lipinski definition) is 1. The molecule has 0 fully saturated rings. The highest BCUT2D eigenvalue weighted by Gasteiger charge is 2.34. The molecule has 4 aromatic rings. The van der Waals surface area contributed by atoms with Gasteiger partial charge in [0.25, 0.3) is 0 Å². The molecule has 8 nitrogen and oxygen atoms in total. The maximum atomic E-state index is 14.3. The van der Waals surface area contributed by atoms with E-state index in [1.807, 2.05) is 73.7 Å². The summed E-state index contributed by atoms with van der Waals surface area (Å²) in [6.45, 7) is 4.15. The molecule has 5 rings (SSSR count). The van der Waals surface area contributed by atoms with Crippen LogP contribution in [0.25, 0.3) is 0 Å². The number of hydrogen-bond acceptors (Lipinski definition) is 6. The van der Waals surface area contributed by atoms with E-state index in [0.29, 0.717) is 48.2 Å². The van der Waals surface area contributed by atoms with Gasteiger partial charge >= 0.3 is 0 Å². The van der Waals surface area contributed by atoms with Crippen LogP contribution in [0.1, 0.15) is 36.1 Å². The van der Waals surface area contributed by atoms with Crippen molar-refractivity contribution in [2.75, 3.05) is 43.7 Å². The molecular weight excluding hydrogens is 554 g/mol. The number of anilines is 2. The van der Waals surface area contributed by atoms with Gasteiger partial charge in [-0.05, 0) is 72.5 Å². The van der Waals surface area contributed by atoms with E-state index < -0.39 is 6.04 Å².